The zero-order chi connectivity index (χ0) is 10.7. The number of aryl methyl sites for hydroxylation is 2. The molecule has 4 heteroatoms. The van der Waals surface area contributed by atoms with E-state index in [0.29, 0.717) is 0 Å². The van der Waals surface area contributed by atoms with Crippen LogP contribution in [0, 0.1) is 0 Å². The minimum absolute atomic E-state index is 0.00986. The number of oxazole rings is 1. The summed E-state index contributed by atoms with van der Waals surface area (Å²) in [6.45, 7) is 6.63. The highest BCUT2D eigenvalue weighted by atomic mass is 16.5. The first-order valence-electron chi connectivity index (χ1n) is 5.66. The predicted octanol–water partition coefficient (Wildman–Crippen LogP) is 1.46. The zero-order valence-corrected chi connectivity index (χ0v) is 9.38. The lowest BCUT2D eigenvalue weighted by molar-refractivity contribution is 0.0103. The Labute approximate surface area is 90.0 Å². The number of hydrogen-bond donors (Lipinski definition) is 1. The number of aromatic nitrogens is 1. The quantitative estimate of drug-likeness (QED) is 0.820. The van der Waals surface area contributed by atoms with Gasteiger partial charge in [-0.15, -0.1) is 0 Å². The molecule has 0 aliphatic carbocycles. The van der Waals surface area contributed by atoms with Crippen molar-refractivity contribution in [2.45, 2.75) is 32.8 Å². The SMILES string of the molecule is CCc1nc(C2CNCCO2)oc1CC. The highest BCUT2D eigenvalue weighted by Gasteiger charge is 2.22. The Morgan fingerprint density at radius 2 is 2.27 bits per heavy atom. The predicted molar refractivity (Wildman–Crippen MR) is 56.8 cm³/mol. The largest absolute Gasteiger partial charge is 0.443 e. The van der Waals surface area contributed by atoms with Crippen molar-refractivity contribution in [1.29, 1.82) is 0 Å². The second kappa shape index (κ2) is 4.77. The highest BCUT2D eigenvalue weighted by molar-refractivity contribution is 5.11. The van der Waals surface area contributed by atoms with Gasteiger partial charge in [-0.05, 0) is 6.42 Å². The summed E-state index contributed by atoms with van der Waals surface area (Å²) < 4.78 is 11.3. The normalized spacial score (nSPS) is 21.9. The van der Waals surface area contributed by atoms with Crippen molar-refractivity contribution in [1.82, 2.24) is 10.3 Å². The minimum Gasteiger partial charge on any atom is -0.443 e. The Morgan fingerprint density at radius 1 is 1.40 bits per heavy atom. The van der Waals surface area contributed by atoms with Crippen LogP contribution >= 0.6 is 0 Å². The third-order valence-corrected chi connectivity index (χ3v) is 2.65. The average Bonchev–Trinajstić information content (AvgIpc) is 2.73. The lowest BCUT2D eigenvalue weighted by Gasteiger charge is -2.20. The molecule has 0 radical (unpaired) electrons. The number of nitrogens with one attached hydrogen (secondary N) is 1. The van der Waals surface area contributed by atoms with Gasteiger partial charge in [0.1, 0.15) is 11.9 Å². The van der Waals surface area contributed by atoms with Crippen LogP contribution < -0.4 is 5.32 Å². The van der Waals surface area contributed by atoms with Gasteiger partial charge in [0.2, 0.25) is 5.89 Å². The van der Waals surface area contributed by atoms with E-state index in [-0.39, 0.29) is 6.10 Å². The molecule has 1 fully saturated rings. The van der Waals surface area contributed by atoms with Crippen LogP contribution in [0.3, 0.4) is 0 Å². The topological polar surface area (TPSA) is 47.3 Å². The van der Waals surface area contributed by atoms with Gasteiger partial charge < -0.3 is 14.5 Å². The van der Waals surface area contributed by atoms with E-state index in [1.807, 2.05) is 0 Å². The fraction of sp³-hybridized carbons (Fsp3) is 0.727. The van der Waals surface area contributed by atoms with Gasteiger partial charge in [0, 0.05) is 19.5 Å². The highest BCUT2D eigenvalue weighted by Crippen LogP contribution is 2.21. The number of rotatable bonds is 3. The average molecular weight is 210 g/mol. The molecule has 1 unspecified atom stereocenters. The molecule has 1 saturated heterocycles. The molecule has 1 aliphatic heterocycles. The second-order valence-electron chi connectivity index (χ2n) is 3.69. The van der Waals surface area contributed by atoms with Gasteiger partial charge in [-0.25, -0.2) is 4.98 Å². The fourth-order valence-electron chi connectivity index (χ4n) is 1.82. The van der Waals surface area contributed by atoms with E-state index >= 15 is 0 Å². The number of hydrogen-bond acceptors (Lipinski definition) is 4. The lowest BCUT2D eigenvalue weighted by Crippen LogP contribution is -2.33. The van der Waals surface area contributed by atoms with Crippen molar-refractivity contribution in [3.8, 4) is 0 Å². The number of ether oxygens (including phenoxy) is 1. The Balaban J connectivity index is 2.16. The molecule has 0 aromatic carbocycles. The Kier molecular flexibility index (Phi) is 3.38. The molecule has 0 amide bonds. The summed E-state index contributed by atoms with van der Waals surface area (Å²) in [6, 6.07) is 0. The molecule has 1 N–H and O–H groups in total. The van der Waals surface area contributed by atoms with Gasteiger partial charge in [0.05, 0.1) is 12.3 Å². The van der Waals surface area contributed by atoms with Gasteiger partial charge in [-0.1, -0.05) is 13.8 Å². The van der Waals surface area contributed by atoms with Crippen LogP contribution in [0.25, 0.3) is 0 Å². The first-order valence-corrected chi connectivity index (χ1v) is 5.66. The van der Waals surface area contributed by atoms with Gasteiger partial charge in [0.25, 0.3) is 0 Å². The molecule has 84 valence electrons. The summed E-state index contributed by atoms with van der Waals surface area (Å²) in [4.78, 5) is 4.49. The maximum atomic E-state index is 5.72. The molecule has 1 aromatic heterocycles. The van der Waals surface area contributed by atoms with Crippen molar-refractivity contribution in [3.63, 3.8) is 0 Å². The van der Waals surface area contributed by atoms with Crippen molar-refractivity contribution in [2.24, 2.45) is 0 Å². The Morgan fingerprint density at radius 3 is 2.80 bits per heavy atom. The molecule has 0 spiro atoms. The van der Waals surface area contributed by atoms with E-state index < -0.39 is 0 Å². The molecular weight excluding hydrogens is 192 g/mol. The van der Waals surface area contributed by atoms with Crippen LogP contribution in [0.4, 0.5) is 0 Å². The van der Waals surface area contributed by atoms with Crippen molar-refractivity contribution in [2.75, 3.05) is 19.7 Å². The third kappa shape index (κ3) is 2.21. The fourth-order valence-corrected chi connectivity index (χ4v) is 1.82. The monoisotopic (exact) mass is 210 g/mol. The molecule has 2 heterocycles. The van der Waals surface area contributed by atoms with E-state index in [1.165, 1.54) is 0 Å². The van der Waals surface area contributed by atoms with Gasteiger partial charge in [0.15, 0.2) is 0 Å². The third-order valence-electron chi connectivity index (χ3n) is 2.65. The second-order valence-corrected chi connectivity index (χ2v) is 3.69. The summed E-state index contributed by atoms with van der Waals surface area (Å²) in [5, 5.41) is 3.27. The first kappa shape index (κ1) is 10.6. The Hall–Kier alpha value is -0.870. The molecule has 0 bridgehead atoms. The molecule has 15 heavy (non-hydrogen) atoms. The lowest BCUT2D eigenvalue weighted by atomic mass is 10.2. The maximum absolute atomic E-state index is 5.72. The molecule has 1 aliphatic rings. The van der Waals surface area contributed by atoms with Gasteiger partial charge >= 0.3 is 0 Å². The van der Waals surface area contributed by atoms with Crippen molar-refractivity contribution < 1.29 is 9.15 Å². The van der Waals surface area contributed by atoms with E-state index in [1.54, 1.807) is 0 Å². The van der Waals surface area contributed by atoms with Crippen LogP contribution in [-0.2, 0) is 17.6 Å². The molecule has 4 nitrogen and oxygen atoms in total. The molecule has 0 saturated carbocycles. The minimum atomic E-state index is -0.00986. The smallest absolute Gasteiger partial charge is 0.225 e. The zero-order valence-electron chi connectivity index (χ0n) is 9.38. The van der Waals surface area contributed by atoms with Gasteiger partial charge in [-0.2, -0.15) is 0 Å². The van der Waals surface area contributed by atoms with Crippen LogP contribution in [0.15, 0.2) is 4.42 Å². The molecule has 1 aromatic rings. The summed E-state index contributed by atoms with van der Waals surface area (Å²) in [5.41, 5.74) is 1.07. The maximum Gasteiger partial charge on any atom is 0.225 e. The van der Waals surface area contributed by atoms with E-state index in [2.05, 4.69) is 24.1 Å². The summed E-state index contributed by atoms with van der Waals surface area (Å²) >= 11 is 0. The molecular formula is C11H18N2O2. The summed E-state index contributed by atoms with van der Waals surface area (Å²) in [7, 11) is 0. The van der Waals surface area contributed by atoms with Crippen molar-refractivity contribution in [3.05, 3.63) is 17.3 Å². The van der Waals surface area contributed by atoms with Crippen molar-refractivity contribution >= 4 is 0 Å². The molecule has 1 atom stereocenters. The van der Waals surface area contributed by atoms with E-state index in [9.17, 15) is 0 Å². The summed E-state index contributed by atoms with van der Waals surface area (Å²) in [5.74, 6) is 1.73. The van der Waals surface area contributed by atoms with Gasteiger partial charge in [-0.3, -0.25) is 0 Å². The van der Waals surface area contributed by atoms with E-state index in [4.69, 9.17) is 9.15 Å². The standard InChI is InChI=1S/C11H18N2O2/c1-3-8-9(4-2)15-11(13-8)10-7-12-5-6-14-10/h10,12H,3-7H2,1-2H3. The van der Waals surface area contributed by atoms with Crippen LogP contribution in [-0.4, -0.2) is 24.7 Å². The van der Waals surface area contributed by atoms with Crippen LogP contribution in [0.2, 0.25) is 0 Å². The van der Waals surface area contributed by atoms with E-state index in [0.717, 1.165) is 49.9 Å². The number of nitrogens with zero attached hydrogens (tertiary/aromatic N) is 1. The molecule has 2 rings (SSSR count). The van der Waals surface area contributed by atoms with Crippen LogP contribution in [0.1, 0.15) is 37.3 Å². The number of morpholine rings is 1. The van der Waals surface area contributed by atoms with Crippen LogP contribution in [0.5, 0.6) is 0 Å². The first-order chi connectivity index (χ1) is 7.35. The Bertz CT molecular complexity index is 295. The summed E-state index contributed by atoms with van der Waals surface area (Å²) in [6.07, 6.45) is 1.81.